The summed E-state index contributed by atoms with van der Waals surface area (Å²) in [7, 11) is 0. The first kappa shape index (κ1) is 20.9. The largest absolute Gasteiger partial charge is 0.487 e. The zero-order valence-electron chi connectivity index (χ0n) is 17.7. The Labute approximate surface area is 167 Å². The van der Waals surface area contributed by atoms with Crippen LogP contribution in [0.25, 0.3) is 0 Å². The van der Waals surface area contributed by atoms with Gasteiger partial charge >= 0.3 is 0 Å². The van der Waals surface area contributed by atoms with Crippen LogP contribution in [0, 0.1) is 23.0 Å². The molecule has 0 spiro atoms. The first-order chi connectivity index (χ1) is 13.2. The van der Waals surface area contributed by atoms with Gasteiger partial charge in [-0.05, 0) is 50.0 Å². The van der Waals surface area contributed by atoms with Crippen LogP contribution in [-0.2, 0) is 0 Å². The number of benzene rings is 1. The van der Waals surface area contributed by atoms with Crippen LogP contribution in [0.5, 0.6) is 5.75 Å². The second-order valence-electron chi connectivity index (χ2n) is 9.47. The molecule has 1 aromatic carbocycles. The van der Waals surface area contributed by atoms with Crippen molar-refractivity contribution >= 4 is 0 Å². The number of halogens is 2. The molecule has 2 N–H and O–H groups in total. The summed E-state index contributed by atoms with van der Waals surface area (Å²) in [5.74, 6) is -0.384. The van der Waals surface area contributed by atoms with Gasteiger partial charge in [0.25, 0.3) is 0 Å². The monoisotopic (exact) mass is 392 g/mol. The van der Waals surface area contributed by atoms with Crippen LogP contribution < -0.4 is 15.4 Å². The summed E-state index contributed by atoms with van der Waals surface area (Å²) in [4.78, 5) is 0. The second-order valence-corrected chi connectivity index (χ2v) is 9.47. The molecule has 4 atom stereocenters. The minimum absolute atomic E-state index is 0.0242. The number of hydrogen-bond donors (Lipinski definition) is 2. The van der Waals surface area contributed by atoms with Gasteiger partial charge < -0.3 is 15.4 Å². The minimum atomic E-state index is -0.494. The van der Waals surface area contributed by atoms with E-state index < -0.39 is 11.6 Å². The fraction of sp³-hybridized carbons (Fsp3) is 0.652. The molecule has 1 aliphatic carbocycles. The molecule has 3 nitrogen and oxygen atoms in total. The molecule has 156 valence electrons. The van der Waals surface area contributed by atoms with Gasteiger partial charge in [0.2, 0.25) is 0 Å². The summed E-state index contributed by atoms with van der Waals surface area (Å²) in [5, 5.41) is 6.59. The highest BCUT2D eigenvalue weighted by Crippen LogP contribution is 2.40. The zero-order valence-corrected chi connectivity index (χ0v) is 17.7. The fourth-order valence-electron chi connectivity index (χ4n) is 4.81. The van der Waals surface area contributed by atoms with Crippen LogP contribution in [0.4, 0.5) is 8.78 Å². The van der Waals surface area contributed by atoms with Crippen molar-refractivity contribution in [3.05, 3.63) is 41.2 Å². The van der Waals surface area contributed by atoms with E-state index in [1.54, 1.807) is 0 Å². The predicted octanol–water partition coefficient (Wildman–Crippen LogP) is 5.82. The molecule has 2 aliphatic rings. The van der Waals surface area contributed by atoms with E-state index in [-0.39, 0.29) is 23.3 Å². The van der Waals surface area contributed by atoms with Gasteiger partial charge in [0.05, 0.1) is 12.1 Å². The predicted molar refractivity (Wildman–Crippen MR) is 109 cm³/mol. The SMILES string of the molecule is CCC1CC(NC(C)c2cc(F)c(O[C@@H]3C[C@@H](C)CC(C)(C)C3)cc2F)=CN1. The molecule has 1 aliphatic heterocycles. The van der Waals surface area contributed by atoms with Crippen LogP contribution in [-0.4, -0.2) is 12.1 Å². The zero-order chi connectivity index (χ0) is 20.5. The molecular formula is C23H34F2N2O. The Hall–Kier alpha value is -1.78. The molecule has 5 heteroatoms. The maximum absolute atomic E-state index is 14.8. The van der Waals surface area contributed by atoms with Gasteiger partial charge in [0.15, 0.2) is 11.6 Å². The standard InChI is InChI=1S/C23H34F2N2O/c1-6-16-8-17(13-26-16)27-15(3)19-9-21(25)22(10-20(19)24)28-18-7-14(2)11-23(4,5)12-18/h9-10,13-16,18,26-27H,6-8,11-12H2,1-5H3/t14-,15?,16?,18-/m1/s1. The van der Waals surface area contributed by atoms with Crippen molar-refractivity contribution in [1.29, 1.82) is 0 Å². The van der Waals surface area contributed by atoms with Crippen LogP contribution in [0.1, 0.15) is 78.3 Å². The Kier molecular flexibility index (Phi) is 6.21. The first-order valence-electron chi connectivity index (χ1n) is 10.5. The summed E-state index contributed by atoms with van der Waals surface area (Å²) in [6.07, 6.45) is 6.64. The highest BCUT2D eigenvalue weighted by molar-refractivity contribution is 5.33. The average molecular weight is 393 g/mol. The van der Waals surface area contributed by atoms with Gasteiger partial charge in [-0.3, -0.25) is 0 Å². The van der Waals surface area contributed by atoms with Crippen molar-refractivity contribution in [3.63, 3.8) is 0 Å². The van der Waals surface area contributed by atoms with Crippen molar-refractivity contribution in [2.45, 2.75) is 84.9 Å². The molecule has 0 saturated heterocycles. The van der Waals surface area contributed by atoms with E-state index in [0.717, 1.165) is 37.8 Å². The smallest absolute Gasteiger partial charge is 0.165 e. The molecule has 1 heterocycles. The summed E-state index contributed by atoms with van der Waals surface area (Å²) in [5.41, 5.74) is 1.51. The summed E-state index contributed by atoms with van der Waals surface area (Å²) in [6.45, 7) is 10.6. The Morgan fingerprint density at radius 3 is 2.64 bits per heavy atom. The van der Waals surface area contributed by atoms with Crippen LogP contribution in [0.3, 0.4) is 0 Å². The van der Waals surface area contributed by atoms with Gasteiger partial charge in [-0.2, -0.15) is 0 Å². The third-order valence-electron chi connectivity index (χ3n) is 6.01. The van der Waals surface area contributed by atoms with Gasteiger partial charge in [0, 0.05) is 36.0 Å². The number of ether oxygens (including phenoxy) is 1. The first-order valence-corrected chi connectivity index (χ1v) is 10.5. The van der Waals surface area contributed by atoms with Crippen LogP contribution >= 0.6 is 0 Å². The molecule has 3 rings (SSSR count). The lowest BCUT2D eigenvalue weighted by molar-refractivity contribution is 0.0533. The van der Waals surface area contributed by atoms with E-state index in [1.807, 2.05) is 13.1 Å². The van der Waals surface area contributed by atoms with E-state index >= 15 is 0 Å². The van der Waals surface area contributed by atoms with Crippen molar-refractivity contribution < 1.29 is 13.5 Å². The number of rotatable bonds is 6. The molecule has 0 radical (unpaired) electrons. The third kappa shape index (κ3) is 4.98. The minimum Gasteiger partial charge on any atom is -0.487 e. The molecule has 0 amide bonds. The van der Waals surface area contributed by atoms with Crippen LogP contribution in [0.15, 0.2) is 24.0 Å². The lowest BCUT2D eigenvalue weighted by Crippen LogP contribution is -2.34. The topological polar surface area (TPSA) is 33.3 Å². The van der Waals surface area contributed by atoms with E-state index in [4.69, 9.17) is 4.74 Å². The molecule has 28 heavy (non-hydrogen) atoms. The molecule has 1 aromatic rings. The Morgan fingerprint density at radius 2 is 2.00 bits per heavy atom. The molecule has 0 aromatic heterocycles. The van der Waals surface area contributed by atoms with Crippen molar-refractivity contribution in [2.24, 2.45) is 11.3 Å². The summed E-state index contributed by atoms with van der Waals surface area (Å²) >= 11 is 0. The molecule has 0 bridgehead atoms. The fourth-order valence-corrected chi connectivity index (χ4v) is 4.81. The van der Waals surface area contributed by atoms with Crippen molar-refractivity contribution in [1.82, 2.24) is 10.6 Å². The highest BCUT2D eigenvalue weighted by Gasteiger charge is 2.33. The van der Waals surface area contributed by atoms with Gasteiger partial charge in [-0.25, -0.2) is 8.78 Å². The van der Waals surface area contributed by atoms with E-state index in [9.17, 15) is 8.78 Å². The molecule has 2 unspecified atom stereocenters. The maximum Gasteiger partial charge on any atom is 0.165 e. The van der Waals surface area contributed by atoms with E-state index in [0.29, 0.717) is 17.5 Å². The Bertz CT molecular complexity index is 732. The lowest BCUT2D eigenvalue weighted by atomic mass is 9.71. The lowest BCUT2D eigenvalue weighted by Gasteiger charge is -2.38. The van der Waals surface area contributed by atoms with E-state index in [1.165, 1.54) is 12.1 Å². The second kappa shape index (κ2) is 8.30. The Morgan fingerprint density at radius 1 is 1.25 bits per heavy atom. The summed E-state index contributed by atoms with van der Waals surface area (Å²) in [6, 6.07) is 2.58. The molecule has 1 fully saturated rings. The van der Waals surface area contributed by atoms with Gasteiger partial charge in [-0.15, -0.1) is 0 Å². The average Bonchev–Trinajstić information content (AvgIpc) is 3.03. The quantitative estimate of drug-likeness (QED) is 0.640. The third-order valence-corrected chi connectivity index (χ3v) is 6.01. The maximum atomic E-state index is 14.8. The van der Waals surface area contributed by atoms with Gasteiger partial charge in [0.1, 0.15) is 5.82 Å². The molecular weight excluding hydrogens is 358 g/mol. The number of nitrogens with one attached hydrogen (secondary N) is 2. The van der Waals surface area contributed by atoms with Crippen LogP contribution in [0.2, 0.25) is 0 Å². The van der Waals surface area contributed by atoms with E-state index in [2.05, 4.69) is 38.3 Å². The highest BCUT2D eigenvalue weighted by atomic mass is 19.1. The Balaban J connectivity index is 1.69. The normalized spacial score (nSPS) is 27.7. The molecule has 1 saturated carbocycles. The van der Waals surface area contributed by atoms with Crippen molar-refractivity contribution in [2.75, 3.05) is 0 Å². The number of hydrogen-bond acceptors (Lipinski definition) is 3. The van der Waals surface area contributed by atoms with Crippen molar-refractivity contribution in [3.8, 4) is 5.75 Å². The summed E-state index contributed by atoms with van der Waals surface area (Å²) < 4.78 is 35.4. The van der Waals surface area contributed by atoms with Gasteiger partial charge in [-0.1, -0.05) is 27.7 Å².